The molecule has 2 aliphatic heterocycles. The van der Waals surface area contributed by atoms with Gasteiger partial charge in [-0.3, -0.25) is 4.90 Å². The number of morpholine rings is 1. The van der Waals surface area contributed by atoms with E-state index in [1.807, 2.05) is 11.8 Å². The molecule has 3 rings (SSSR count). The van der Waals surface area contributed by atoms with Crippen molar-refractivity contribution in [3.63, 3.8) is 0 Å². The van der Waals surface area contributed by atoms with Gasteiger partial charge in [0.2, 0.25) is 11.7 Å². The van der Waals surface area contributed by atoms with Crippen molar-refractivity contribution in [3.8, 4) is 0 Å². The molecule has 2 N–H and O–H groups in total. The quantitative estimate of drug-likeness (QED) is 0.889. The van der Waals surface area contributed by atoms with Gasteiger partial charge >= 0.3 is 0 Å². The van der Waals surface area contributed by atoms with Crippen LogP contribution in [0.15, 0.2) is 4.52 Å². The van der Waals surface area contributed by atoms with Gasteiger partial charge in [-0.1, -0.05) is 12.1 Å². The topological polar surface area (TPSA) is 77.4 Å². The molecule has 7 heteroatoms. The van der Waals surface area contributed by atoms with E-state index in [9.17, 15) is 0 Å². The zero-order chi connectivity index (χ0) is 13.9. The lowest BCUT2D eigenvalue weighted by Crippen LogP contribution is -2.39. The van der Waals surface area contributed by atoms with Gasteiger partial charge in [-0.25, -0.2) is 0 Å². The van der Waals surface area contributed by atoms with Gasteiger partial charge in [-0.05, 0) is 13.0 Å². The maximum absolute atomic E-state index is 6.07. The molecule has 0 amide bonds. The smallest absolute Gasteiger partial charge is 0.232 e. The molecule has 0 aliphatic carbocycles. The predicted octanol–water partition coefficient (Wildman–Crippen LogP) is 1.01. The van der Waals surface area contributed by atoms with Gasteiger partial charge in [0, 0.05) is 30.6 Å². The lowest BCUT2D eigenvalue weighted by molar-refractivity contribution is -0.0350. The Morgan fingerprint density at radius 1 is 1.45 bits per heavy atom. The van der Waals surface area contributed by atoms with E-state index >= 15 is 0 Å². The molecule has 2 fully saturated rings. The van der Waals surface area contributed by atoms with Crippen LogP contribution >= 0.6 is 11.8 Å². The molecule has 6 nitrogen and oxygen atoms in total. The van der Waals surface area contributed by atoms with Crippen molar-refractivity contribution in [2.24, 2.45) is 5.73 Å². The van der Waals surface area contributed by atoms with Crippen molar-refractivity contribution in [1.29, 1.82) is 0 Å². The first kappa shape index (κ1) is 14.3. The van der Waals surface area contributed by atoms with E-state index in [2.05, 4.69) is 22.0 Å². The normalized spacial score (nSPS) is 31.8. The Bertz CT molecular complexity index is 440. The van der Waals surface area contributed by atoms with Crippen LogP contribution in [0.25, 0.3) is 0 Å². The third-order valence-electron chi connectivity index (χ3n) is 3.88. The van der Waals surface area contributed by atoms with Crippen molar-refractivity contribution in [1.82, 2.24) is 15.0 Å². The average Bonchev–Trinajstić information content (AvgIpc) is 3.08. The highest BCUT2D eigenvalue weighted by molar-refractivity contribution is 7.99. The molecular formula is C13H22N4O2S. The molecule has 0 spiro atoms. The lowest BCUT2D eigenvalue weighted by Gasteiger charge is -2.30. The number of hydrogen-bond donors (Lipinski definition) is 1. The van der Waals surface area contributed by atoms with E-state index in [-0.39, 0.29) is 18.1 Å². The van der Waals surface area contributed by atoms with Crippen LogP contribution in [0.4, 0.5) is 0 Å². The highest BCUT2D eigenvalue weighted by Gasteiger charge is 2.33. The van der Waals surface area contributed by atoms with E-state index < -0.39 is 0 Å². The molecule has 0 saturated carbocycles. The van der Waals surface area contributed by atoms with Crippen molar-refractivity contribution in [3.05, 3.63) is 11.7 Å². The largest absolute Gasteiger partial charge is 0.367 e. The molecule has 0 aromatic carbocycles. The van der Waals surface area contributed by atoms with Gasteiger partial charge in [-0.15, -0.1) is 0 Å². The second-order valence-corrected chi connectivity index (χ2v) is 6.53. The molecule has 0 bridgehead atoms. The van der Waals surface area contributed by atoms with Crippen LogP contribution in [0.2, 0.25) is 0 Å². The van der Waals surface area contributed by atoms with Gasteiger partial charge in [0.25, 0.3) is 0 Å². The zero-order valence-corrected chi connectivity index (χ0v) is 12.6. The van der Waals surface area contributed by atoms with Crippen molar-refractivity contribution < 1.29 is 9.26 Å². The Hall–Kier alpha value is -0.630. The van der Waals surface area contributed by atoms with Crippen LogP contribution in [-0.4, -0.2) is 58.8 Å². The standard InChI is InChI=1S/C13H22N4O2S/c1-2-3-17-4-5-18-11(6-17)12-15-13(19-16-12)9-7-20-8-10(9)14/h9-11H,2-8,14H2,1H3. The molecule has 3 heterocycles. The Morgan fingerprint density at radius 2 is 2.35 bits per heavy atom. The number of nitrogens with zero attached hydrogens (tertiary/aromatic N) is 3. The molecule has 112 valence electrons. The molecular weight excluding hydrogens is 276 g/mol. The number of ether oxygens (including phenoxy) is 1. The SMILES string of the molecule is CCCN1CCOC(c2noc(C3CSCC3N)n2)C1. The van der Waals surface area contributed by atoms with Crippen molar-refractivity contribution >= 4 is 11.8 Å². The summed E-state index contributed by atoms with van der Waals surface area (Å²) in [6.07, 6.45) is 1.08. The third kappa shape index (κ3) is 3.00. The Labute approximate surface area is 123 Å². The first-order chi connectivity index (χ1) is 9.78. The highest BCUT2D eigenvalue weighted by Crippen LogP contribution is 2.31. The minimum atomic E-state index is -0.0712. The monoisotopic (exact) mass is 298 g/mol. The van der Waals surface area contributed by atoms with Crippen molar-refractivity contribution in [2.75, 3.05) is 37.7 Å². The molecule has 2 aliphatic rings. The molecule has 1 aromatic heterocycles. The van der Waals surface area contributed by atoms with E-state index in [1.165, 1.54) is 0 Å². The van der Waals surface area contributed by atoms with Crippen LogP contribution in [0.1, 0.15) is 37.1 Å². The summed E-state index contributed by atoms with van der Waals surface area (Å²) in [5.41, 5.74) is 6.07. The van der Waals surface area contributed by atoms with E-state index in [0.717, 1.165) is 44.2 Å². The van der Waals surface area contributed by atoms with E-state index in [0.29, 0.717) is 11.7 Å². The number of aromatic nitrogens is 2. The highest BCUT2D eigenvalue weighted by atomic mass is 32.2. The summed E-state index contributed by atoms with van der Waals surface area (Å²) in [4.78, 5) is 6.93. The summed E-state index contributed by atoms with van der Waals surface area (Å²) in [6.45, 7) is 5.84. The fourth-order valence-corrected chi connectivity index (χ4v) is 4.02. The Balaban J connectivity index is 1.66. The predicted molar refractivity (Wildman–Crippen MR) is 77.8 cm³/mol. The minimum Gasteiger partial charge on any atom is -0.367 e. The van der Waals surface area contributed by atoms with Gasteiger partial charge in [0.15, 0.2) is 0 Å². The maximum atomic E-state index is 6.07. The van der Waals surface area contributed by atoms with Gasteiger partial charge in [0.1, 0.15) is 6.10 Å². The van der Waals surface area contributed by atoms with Gasteiger partial charge in [0.05, 0.1) is 12.5 Å². The second kappa shape index (κ2) is 6.43. The summed E-state index contributed by atoms with van der Waals surface area (Å²) in [7, 11) is 0. The average molecular weight is 298 g/mol. The fraction of sp³-hybridized carbons (Fsp3) is 0.846. The maximum Gasteiger partial charge on any atom is 0.232 e. The molecule has 3 unspecified atom stereocenters. The lowest BCUT2D eigenvalue weighted by atomic mass is 10.1. The number of hydrogen-bond acceptors (Lipinski definition) is 7. The summed E-state index contributed by atoms with van der Waals surface area (Å²) in [6, 6.07) is 0.122. The molecule has 0 radical (unpaired) electrons. The fourth-order valence-electron chi connectivity index (χ4n) is 2.73. The van der Waals surface area contributed by atoms with Gasteiger partial charge in [-0.2, -0.15) is 16.7 Å². The minimum absolute atomic E-state index is 0.0712. The number of rotatable bonds is 4. The number of thioether (sulfide) groups is 1. The number of nitrogens with two attached hydrogens (primary N) is 1. The first-order valence-electron chi connectivity index (χ1n) is 7.28. The van der Waals surface area contributed by atoms with Gasteiger partial charge < -0.3 is 15.0 Å². The van der Waals surface area contributed by atoms with Crippen LogP contribution in [-0.2, 0) is 4.74 Å². The van der Waals surface area contributed by atoms with E-state index in [1.54, 1.807) is 0 Å². The molecule has 3 atom stereocenters. The summed E-state index contributed by atoms with van der Waals surface area (Å²) < 4.78 is 11.2. The summed E-state index contributed by atoms with van der Waals surface area (Å²) in [5, 5.41) is 4.11. The Kier molecular flexibility index (Phi) is 4.60. The van der Waals surface area contributed by atoms with Crippen LogP contribution in [0.5, 0.6) is 0 Å². The Morgan fingerprint density at radius 3 is 3.10 bits per heavy atom. The van der Waals surface area contributed by atoms with Crippen molar-refractivity contribution in [2.45, 2.75) is 31.4 Å². The third-order valence-corrected chi connectivity index (χ3v) is 5.09. The zero-order valence-electron chi connectivity index (χ0n) is 11.8. The molecule has 20 heavy (non-hydrogen) atoms. The summed E-state index contributed by atoms with van der Waals surface area (Å²) >= 11 is 1.84. The van der Waals surface area contributed by atoms with Crippen LogP contribution < -0.4 is 5.73 Å². The van der Waals surface area contributed by atoms with Crippen LogP contribution in [0, 0.1) is 0 Å². The molecule has 2 saturated heterocycles. The first-order valence-corrected chi connectivity index (χ1v) is 8.44. The molecule has 1 aromatic rings. The van der Waals surface area contributed by atoms with E-state index in [4.69, 9.17) is 15.0 Å². The second-order valence-electron chi connectivity index (χ2n) is 5.46. The van der Waals surface area contributed by atoms with Crippen LogP contribution in [0.3, 0.4) is 0 Å². The summed E-state index contributed by atoms with van der Waals surface area (Å²) in [5.74, 6) is 3.47.